The van der Waals surface area contributed by atoms with E-state index in [1.807, 2.05) is 13.8 Å². The number of nitrogens with two attached hydrogens (primary N) is 2. The fourth-order valence-corrected chi connectivity index (χ4v) is 12.0. The van der Waals surface area contributed by atoms with E-state index in [9.17, 15) is 80.1 Å². The molecule has 1 saturated heterocycles. The monoisotopic (exact) mass is 1400 g/mol. The first-order valence-electron chi connectivity index (χ1n) is 31.2. The van der Waals surface area contributed by atoms with Crippen LogP contribution in [-0.2, 0) is 47.8 Å². The molecule has 0 saturated carbocycles. The van der Waals surface area contributed by atoms with E-state index < -0.39 is 238 Å². The average Bonchev–Trinajstić information content (AvgIpc) is 0.768. The number of likely N-dealkylation sites (N-methyl/N-ethyl adjacent to an activating group) is 1. The molecule has 2 unspecified atom stereocenters. The van der Waals surface area contributed by atoms with Gasteiger partial charge in [-0.1, -0.05) is 56.6 Å². The number of hydrogen-bond donors (Lipinski definition) is 20. The van der Waals surface area contributed by atoms with Crippen molar-refractivity contribution in [3.63, 3.8) is 0 Å². The molecule has 6 aliphatic heterocycles. The van der Waals surface area contributed by atoms with Crippen LogP contribution in [0.5, 0.6) is 46.0 Å². The zero-order chi connectivity index (χ0) is 72.2. The van der Waals surface area contributed by atoms with Gasteiger partial charge >= 0.3 is 5.97 Å². The molecule has 22 N–H and O–H groups in total. The Morgan fingerprint density at radius 1 is 0.707 bits per heavy atom. The van der Waals surface area contributed by atoms with Crippen LogP contribution in [-0.4, -0.2) is 190 Å². The summed E-state index contributed by atoms with van der Waals surface area (Å²) < 4.78 is 31.5. The third-order valence-corrected chi connectivity index (χ3v) is 17.3. The Morgan fingerprint density at radius 2 is 1.35 bits per heavy atom. The lowest BCUT2D eigenvalue weighted by molar-refractivity contribution is -0.312. The fraction of sp³-hybridized carbons (Fsp3) is 0.415. The Morgan fingerprint density at radius 3 is 1.99 bits per heavy atom. The maximum absolute atomic E-state index is 15.9. The first-order chi connectivity index (χ1) is 46.9. The molecule has 17 atom stereocenters. The van der Waals surface area contributed by atoms with E-state index in [4.69, 9.17) is 46.8 Å². The predicted octanol–water partition coefficient (Wildman–Crippen LogP) is -0.954. The number of carbonyl (C=O) groups is 8. The van der Waals surface area contributed by atoms with Crippen LogP contribution in [0.15, 0.2) is 84.9 Å². The first kappa shape index (κ1) is 73.7. The van der Waals surface area contributed by atoms with Crippen LogP contribution in [0.2, 0.25) is 5.02 Å². The summed E-state index contributed by atoms with van der Waals surface area (Å²) in [5.41, 5.74) is 9.14. The number of aliphatic carboxylic acids is 1. The number of aromatic hydroxyl groups is 3. The molecule has 6 aliphatic rings. The number of carbonyl (C=O) groups excluding carboxylic acids is 7. The quantitative estimate of drug-likeness (QED) is 0.0499. The van der Waals surface area contributed by atoms with Crippen LogP contribution in [0.25, 0.3) is 11.1 Å². The number of aliphatic hydroxyl groups is 7. The number of phenols is 3. The number of benzene rings is 5. The van der Waals surface area contributed by atoms with Crippen molar-refractivity contribution in [2.45, 2.75) is 150 Å². The largest absolute Gasteiger partial charge is 0.508 e. The van der Waals surface area contributed by atoms with E-state index in [0.717, 1.165) is 60.7 Å². The van der Waals surface area contributed by atoms with Gasteiger partial charge in [0.1, 0.15) is 89.5 Å². The first-order valence-corrected chi connectivity index (χ1v) is 31.5. The maximum atomic E-state index is 15.9. The average molecular weight is 1400 g/mol. The number of phenolic OH excluding ortho intramolecular Hbond substituents is 3. The number of carboxylic acid groups (broad SMARTS) is 1. The third-order valence-electron chi connectivity index (χ3n) is 17.0. The number of halogens is 1. The summed E-state index contributed by atoms with van der Waals surface area (Å²) >= 11 is 7.00. The van der Waals surface area contributed by atoms with E-state index in [1.54, 1.807) is 6.92 Å². The Bertz CT molecular complexity index is 3890. The minimum absolute atomic E-state index is 0.0610. The lowest BCUT2D eigenvalue weighted by Crippen LogP contribution is -2.61. The summed E-state index contributed by atoms with van der Waals surface area (Å²) in [6, 6.07) is -0.185. The molecule has 532 valence electrons. The van der Waals surface area contributed by atoms with Gasteiger partial charge in [-0.3, -0.25) is 33.6 Å². The molecule has 0 aliphatic carbocycles. The highest BCUT2D eigenvalue weighted by Crippen LogP contribution is 2.49. The van der Waals surface area contributed by atoms with Crippen LogP contribution in [0.3, 0.4) is 0 Å². The number of primary amides is 1. The number of fused-ring (bicyclic) bond motifs is 15. The van der Waals surface area contributed by atoms with Gasteiger partial charge in [0.05, 0.1) is 30.2 Å². The molecule has 5 aromatic rings. The summed E-state index contributed by atoms with van der Waals surface area (Å²) in [7, 11) is 1.48. The van der Waals surface area contributed by atoms with Gasteiger partial charge in [0, 0.05) is 35.2 Å². The minimum Gasteiger partial charge on any atom is -0.508 e. The van der Waals surface area contributed by atoms with Crippen LogP contribution < -0.4 is 62.9 Å². The molecule has 33 nitrogen and oxygen atoms in total. The Kier molecular flexibility index (Phi) is 23.2. The predicted molar refractivity (Wildman–Crippen MR) is 342 cm³/mol. The second-order valence-electron chi connectivity index (χ2n) is 24.5. The molecule has 1 fully saturated rings. The van der Waals surface area contributed by atoms with Crippen molar-refractivity contribution in [3.05, 3.63) is 118 Å². The van der Waals surface area contributed by atoms with E-state index >= 15 is 14.4 Å². The Labute approximate surface area is 568 Å². The number of carboxylic acids is 1. The molecule has 6 heterocycles. The fourth-order valence-electron chi connectivity index (χ4n) is 11.7. The minimum atomic E-state index is -2.33. The van der Waals surface area contributed by atoms with Crippen molar-refractivity contribution in [2.75, 3.05) is 13.7 Å². The van der Waals surface area contributed by atoms with Gasteiger partial charge in [-0.15, -0.1) is 0 Å². The van der Waals surface area contributed by atoms with Crippen LogP contribution in [0, 0.1) is 5.92 Å². The number of rotatable bonds is 17. The number of aliphatic hydroxyl groups excluding tert-OH is 7. The zero-order valence-electron chi connectivity index (χ0n) is 53.3. The standard InChI is InChI=1S/C65H76ClN9O24/c1-5-37(78)34(67)21-45(82)98-57-55(86)54(85)43(23-76)97-65(57)99-56-41-17-28-18-42(56)96-40-13-9-27(16-33(40)66)53(84)51-63(92)73-49(64(93)94)32-19-29(77)20-39(80)46(32)31-15-26(8-12-38(31)79)47(60(89)75-51)72-61(90)48(28)71-59(88)36(22-44(68)81)70-62(91)50(74-58(87)35(69-4)14-24(2)3)52(83)25-6-10-30(95-41)11-7-25/h6-13,15-20,24,34-37,43,45,47-55,57,65,69,76-80,82-86H,5,14,21-23,67H2,1-4H3,(H2,68,81)(H,70,91)(H,71,88)(H,72,90)(H,73,92)(H,74,87)(H,75,89)(H,93,94)/t34-,35+,36?,37+,43+,45?,47+,48+,49-,50+,51-,52+,53+,54+,55-,57+,65-/m0/s1. The third kappa shape index (κ3) is 16.5. The highest BCUT2D eigenvalue weighted by molar-refractivity contribution is 6.32. The molecule has 0 aromatic heterocycles. The van der Waals surface area contributed by atoms with Crippen LogP contribution in [0.1, 0.15) is 105 Å². The van der Waals surface area contributed by atoms with Gasteiger partial charge in [-0.05, 0) is 103 Å². The summed E-state index contributed by atoms with van der Waals surface area (Å²) in [6.07, 6.45) is -18.3. The molecule has 11 rings (SSSR count). The Balaban J connectivity index is 1.32. The normalized spacial score (nSPS) is 26.1. The summed E-state index contributed by atoms with van der Waals surface area (Å²) in [5.74, 6) is -15.7. The molecule has 7 amide bonds. The highest BCUT2D eigenvalue weighted by atomic mass is 35.5. The van der Waals surface area contributed by atoms with Gasteiger partial charge in [0.25, 0.3) is 0 Å². The van der Waals surface area contributed by atoms with Crippen molar-refractivity contribution >= 4 is 58.9 Å². The maximum Gasteiger partial charge on any atom is 0.330 e. The van der Waals surface area contributed by atoms with Crippen molar-refractivity contribution < 1.29 is 118 Å². The van der Waals surface area contributed by atoms with Gasteiger partial charge in [0.15, 0.2) is 29.9 Å². The number of hydrogen-bond acceptors (Lipinski definition) is 25. The summed E-state index contributed by atoms with van der Waals surface area (Å²) in [4.78, 5) is 116. The molecule has 0 radical (unpaired) electrons. The molecule has 34 heteroatoms. The second kappa shape index (κ2) is 31.2. The van der Waals surface area contributed by atoms with Crippen LogP contribution >= 0.6 is 11.6 Å². The molecule has 0 spiro atoms. The molecule has 99 heavy (non-hydrogen) atoms. The van der Waals surface area contributed by atoms with Crippen molar-refractivity contribution in [2.24, 2.45) is 17.4 Å². The molecule has 5 aromatic carbocycles. The second-order valence-corrected chi connectivity index (χ2v) is 24.9. The molecule has 11 bridgehead atoms. The number of ether oxygens (including phenoxy) is 5. The van der Waals surface area contributed by atoms with E-state index in [2.05, 4.69) is 37.2 Å². The molecular formula is C65H76ClN9O24. The highest BCUT2D eigenvalue weighted by Gasteiger charge is 2.49. The smallest absolute Gasteiger partial charge is 0.330 e. The van der Waals surface area contributed by atoms with Gasteiger partial charge in [-0.2, -0.15) is 0 Å². The topological polar surface area (TPSA) is 541 Å². The van der Waals surface area contributed by atoms with E-state index in [-0.39, 0.29) is 41.2 Å². The summed E-state index contributed by atoms with van der Waals surface area (Å²) in [5, 5.41) is 141. The zero-order valence-corrected chi connectivity index (χ0v) is 54.0. The lowest BCUT2D eigenvalue weighted by Gasteiger charge is -2.42. The van der Waals surface area contributed by atoms with Crippen molar-refractivity contribution in [1.82, 2.24) is 37.2 Å². The lowest BCUT2D eigenvalue weighted by atomic mass is 9.89. The van der Waals surface area contributed by atoms with Gasteiger partial charge in [0.2, 0.25) is 53.4 Å². The van der Waals surface area contributed by atoms with E-state index in [1.165, 1.54) is 31.3 Å². The van der Waals surface area contributed by atoms with E-state index in [0.29, 0.717) is 0 Å². The Hall–Kier alpha value is -9.49. The summed E-state index contributed by atoms with van der Waals surface area (Å²) in [6.45, 7) is 4.27. The SMILES string of the molecule is CC[C@@H](O)[C@@H](N)CC(O)O[C@H]1[C@H](Oc2c3cc4cc2Oc2ccc(cc2Cl)[C@@H](O)[C@@H]2NC(=O)[C@H](NC(=O)[C@@H]4NC(=O)C(CC(N)=O)NC(=O)[C@H](NC(=O)[C@@H](CC(C)C)NC)[C@H](O)c4ccc(cc4)O3)c3ccc(O)c(c3)-c3c(O)cc(O)cc3[C@@H](C(=O)O)NC2=O)O[C@H](CO)[C@@H](O)[C@@H]1O. The van der Waals surface area contributed by atoms with Crippen LogP contribution in [0.4, 0.5) is 0 Å². The van der Waals surface area contributed by atoms with Gasteiger partial charge in [-0.25, -0.2) is 4.79 Å². The number of nitrogens with one attached hydrogen (secondary N) is 7. The van der Waals surface area contributed by atoms with Crippen molar-refractivity contribution in [3.8, 4) is 57.1 Å². The molecular weight excluding hydrogens is 1330 g/mol. The van der Waals surface area contributed by atoms with Crippen molar-refractivity contribution in [1.29, 1.82) is 0 Å². The number of amides is 7. The van der Waals surface area contributed by atoms with Gasteiger partial charge < -0.3 is 129 Å².